The van der Waals surface area contributed by atoms with Crippen molar-refractivity contribution in [2.75, 3.05) is 31.1 Å². The van der Waals surface area contributed by atoms with Crippen LogP contribution in [0.5, 0.6) is 0 Å². The highest BCUT2D eigenvalue weighted by Gasteiger charge is 2.42. The van der Waals surface area contributed by atoms with Gasteiger partial charge in [0.15, 0.2) is 0 Å². The molecular formula is C29H31FN4O2S. The maximum Gasteiger partial charge on any atom is 0.253 e. The number of aromatic nitrogens is 1. The minimum absolute atomic E-state index is 0.0668. The molecule has 2 saturated heterocycles. The molecule has 3 heterocycles. The van der Waals surface area contributed by atoms with Crippen molar-refractivity contribution in [3.05, 3.63) is 89.5 Å². The molecule has 37 heavy (non-hydrogen) atoms. The van der Waals surface area contributed by atoms with Crippen LogP contribution in [0.15, 0.2) is 71.9 Å². The van der Waals surface area contributed by atoms with Crippen molar-refractivity contribution >= 4 is 22.6 Å². The van der Waals surface area contributed by atoms with Crippen LogP contribution in [0.4, 0.5) is 10.1 Å². The van der Waals surface area contributed by atoms with E-state index in [1.807, 2.05) is 35.5 Å². The van der Waals surface area contributed by atoms with Gasteiger partial charge in [-0.25, -0.2) is 13.3 Å². The number of amides is 1. The van der Waals surface area contributed by atoms with Crippen molar-refractivity contribution in [1.29, 1.82) is 0 Å². The second-order valence-corrected chi connectivity index (χ2v) is 11.7. The Bertz CT molecular complexity index is 1330. The molecule has 3 aromatic rings. The van der Waals surface area contributed by atoms with Crippen molar-refractivity contribution in [1.82, 2.24) is 14.6 Å². The van der Waals surface area contributed by atoms with Crippen molar-refractivity contribution in [2.24, 2.45) is 5.41 Å². The van der Waals surface area contributed by atoms with Crippen LogP contribution in [0.25, 0.3) is 0 Å². The predicted molar refractivity (Wildman–Crippen MR) is 142 cm³/mol. The molecule has 1 aromatic heterocycles. The lowest BCUT2D eigenvalue weighted by atomic mass is 9.77. The minimum atomic E-state index is -1.66. The normalized spacial score (nSPS) is 21.3. The van der Waals surface area contributed by atoms with Gasteiger partial charge in [0.25, 0.3) is 5.91 Å². The Kier molecular flexibility index (Phi) is 6.55. The van der Waals surface area contributed by atoms with E-state index in [1.165, 1.54) is 11.8 Å². The van der Waals surface area contributed by atoms with Gasteiger partial charge in [-0.1, -0.05) is 18.2 Å². The zero-order valence-corrected chi connectivity index (χ0v) is 21.6. The lowest BCUT2D eigenvalue weighted by molar-refractivity contribution is 0.0764. The van der Waals surface area contributed by atoms with Crippen LogP contribution in [-0.4, -0.2) is 46.2 Å². The van der Waals surface area contributed by atoms with E-state index in [-0.39, 0.29) is 22.3 Å². The fourth-order valence-corrected chi connectivity index (χ4v) is 7.22. The van der Waals surface area contributed by atoms with Gasteiger partial charge in [0.05, 0.1) is 4.90 Å². The number of carbonyl (C=O) groups is 1. The Morgan fingerprint density at radius 3 is 2.57 bits per heavy atom. The average molecular weight is 519 g/mol. The summed E-state index contributed by atoms with van der Waals surface area (Å²) in [6.45, 7) is 3.57. The fraction of sp³-hybridized carbons (Fsp3) is 0.379. The van der Waals surface area contributed by atoms with E-state index in [2.05, 4.69) is 26.7 Å². The van der Waals surface area contributed by atoms with Crippen molar-refractivity contribution < 1.29 is 13.4 Å². The quantitative estimate of drug-likeness (QED) is 0.534. The first-order chi connectivity index (χ1) is 18.0. The minimum Gasteiger partial charge on any atom is -0.371 e. The maximum absolute atomic E-state index is 14.1. The highest BCUT2D eigenvalue weighted by molar-refractivity contribution is 7.83. The molecule has 2 atom stereocenters. The average Bonchev–Trinajstić information content (AvgIpc) is 3.53. The lowest BCUT2D eigenvalue weighted by Gasteiger charge is -2.40. The molecule has 6 nitrogen and oxygen atoms in total. The maximum atomic E-state index is 14.1. The van der Waals surface area contributed by atoms with E-state index in [1.54, 1.807) is 18.2 Å². The second kappa shape index (κ2) is 9.99. The molecule has 0 saturated carbocycles. The van der Waals surface area contributed by atoms with E-state index in [4.69, 9.17) is 0 Å². The van der Waals surface area contributed by atoms with Crippen LogP contribution in [0, 0.1) is 11.2 Å². The summed E-state index contributed by atoms with van der Waals surface area (Å²) in [5.74, 6) is -0.415. The highest BCUT2D eigenvalue weighted by atomic mass is 32.2. The topological polar surface area (TPSA) is 65.5 Å². The van der Waals surface area contributed by atoms with Crippen LogP contribution in [0.1, 0.15) is 53.2 Å². The smallest absolute Gasteiger partial charge is 0.253 e. The number of pyridine rings is 1. The van der Waals surface area contributed by atoms with Gasteiger partial charge in [-0.15, -0.1) is 0 Å². The van der Waals surface area contributed by atoms with Crippen LogP contribution in [0.2, 0.25) is 0 Å². The van der Waals surface area contributed by atoms with Gasteiger partial charge in [0.2, 0.25) is 0 Å². The van der Waals surface area contributed by atoms with Gasteiger partial charge in [0, 0.05) is 55.9 Å². The second-order valence-electron chi connectivity index (χ2n) is 10.5. The van der Waals surface area contributed by atoms with E-state index >= 15 is 0 Å². The molecule has 2 aromatic carbocycles. The molecular weight excluding hydrogens is 487 g/mol. The van der Waals surface area contributed by atoms with Gasteiger partial charge in [-0.3, -0.25) is 9.78 Å². The highest BCUT2D eigenvalue weighted by Crippen LogP contribution is 2.42. The summed E-state index contributed by atoms with van der Waals surface area (Å²) < 4.78 is 30.0. The van der Waals surface area contributed by atoms with Crippen molar-refractivity contribution in [3.8, 4) is 0 Å². The summed E-state index contributed by atoms with van der Waals surface area (Å²) in [5, 5.41) is 0. The number of piperidine rings is 1. The van der Waals surface area contributed by atoms with Gasteiger partial charge in [0.1, 0.15) is 16.8 Å². The van der Waals surface area contributed by atoms with Crippen molar-refractivity contribution in [3.63, 3.8) is 0 Å². The van der Waals surface area contributed by atoms with Crippen LogP contribution >= 0.6 is 0 Å². The first-order valence-corrected chi connectivity index (χ1v) is 14.2. The molecule has 2 unspecified atom stereocenters. The number of halogens is 1. The summed E-state index contributed by atoms with van der Waals surface area (Å²) in [5.41, 5.74) is 4.23. The third-order valence-corrected chi connectivity index (χ3v) is 9.56. The van der Waals surface area contributed by atoms with Gasteiger partial charge < -0.3 is 9.80 Å². The molecule has 0 radical (unpaired) electrons. The Labute approximate surface area is 219 Å². The van der Waals surface area contributed by atoms with Gasteiger partial charge in [-0.2, -0.15) is 0 Å². The third-order valence-electron chi connectivity index (χ3n) is 8.33. The summed E-state index contributed by atoms with van der Waals surface area (Å²) in [6.07, 6.45) is 8.49. The molecule has 192 valence electrons. The van der Waals surface area contributed by atoms with Gasteiger partial charge in [-0.05, 0) is 85.0 Å². The fourth-order valence-electron chi connectivity index (χ4n) is 6.14. The van der Waals surface area contributed by atoms with E-state index in [0.29, 0.717) is 5.56 Å². The molecule has 2 fully saturated rings. The summed E-state index contributed by atoms with van der Waals surface area (Å²) >= 11 is 0. The third kappa shape index (κ3) is 4.80. The monoisotopic (exact) mass is 518 g/mol. The summed E-state index contributed by atoms with van der Waals surface area (Å²) in [4.78, 5) is 22.2. The largest absolute Gasteiger partial charge is 0.371 e. The number of likely N-dealkylation sites (tertiary alicyclic amines) is 1. The number of rotatable bonds is 5. The Morgan fingerprint density at radius 1 is 1.03 bits per heavy atom. The predicted octanol–water partition coefficient (Wildman–Crippen LogP) is 4.65. The van der Waals surface area contributed by atoms with Crippen LogP contribution < -0.4 is 9.62 Å². The van der Waals surface area contributed by atoms with E-state index < -0.39 is 16.8 Å². The van der Waals surface area contributed by atoms with Crippen LogP contribution in [0.3, 0.4) is 0 Å². The van der Waals surface area contributed by atoms with E-state index in [9.17, 15) is 13.4 Å². The number of fused-ring (bicyclic) bond motifs is 1. The summed E-state index contributed by atoms with van der Waals surface area (Å²) in [7, 11) is -1.66. The number of anilines is 1. The van der Waals surface area contributed by atoms with Crippen LogP contribution in [-0.2, 0) is 17.4 Å². The zero-order chi connectivity index (χ0) is 25.4. The first kappa shape index (κ1) is 24.2. The van der Waals surface area contributed by atoms with E-state index in [0.717, 1.165) is 69.4 Å². The Morgan fingerprint density at radius 2 is 1.78 bits per heavy atom. The van der Waals surface area contributed by atoms with Gasteiger partial charge >= 0.3 is 0 Å². The number of hydrogen-bond acceptors (Lipinski definition) is 4. The number of aryl methyl sites for hydroxylation is 1. The number of nitrogens with zero attached hydrogens (tertiary/aromatic N) is 3. The molecule has 6 rings (SSSR count). The molecule has 1 N–H and O–H groups in total. The zero-order valence-electron chi connectivity index (χ0n) is 20.7. The number of benzene rings is 2. The number of hydrogen-bond donors (Lipinski definition) is 1. The first-order valence-electron chi connectivity index (χ1n) is 13.0. The van der Waals surface area contributed by atoms with Crippen molar-refractivity contribution in [2.45, 2.75) is 43.0 Å². The number of carbonyl (C=O) groups excluding carboxylic acids is 1. The lowest BCUT2D eigenvalue weighted by Crippen LogP contribution is -2.42. The molecule has 2 aliphatic heterocycles. The molecule has 0 bridgehead atoms. The molecule has 8 heteroatoms. The Hall–Kier alpha value is -3.10. The standard InChI is InChI=1S/C29H31FN4O2S/c30-25-3-1-2-4-27(25)37(36)32-26-8-7-21-5-6-22(19-24(21)26)28(35)34-18-13-29(20-34)11-16-33(17-12-29)23-9-14-31-15-10-23/h1-6,9-10,14-15,19,26,32H,7-8,11-13,16-18,20H2. The molecule has 1 aliphatic carbocycles. The molecule has 1 spiro atoms. The Balaban J connectivity index is 1.12. The molecule has 3 aliphatic rings. The number of nitrogens with one attached hydrogen (secondary N) is 1. The summed E-state index contributed by atoms with van der Waals surface area (Å²) in [6, 6.07) is 16.0. The SMILES string of the molecule is O=C(c1ccc2c(c1)C(NS(=O)c1ccccc1F)CC2)N1CCC2(CCN(c3ccncc3)CC2)C1. The molecule has 1 amide bonds.